The van der Waals surface area contributed by atoms with E-state index in [0.717, 1.165) is 22.3 Å². The zero-order chi connectivity index (χ0) is 26.0. The molecular weight excluding hydrogens is 484 g/mol. The number of aryl methyl sites for hydroxylation is 2. The lowest BCUT2D eigenvalue weighted by Crippen LogP contribution is -2.51. The molecule has 0 radical (unpaired) electrons. The Morgan fingerprint density at radius 1 is 0.865 bits per heavy atom. The van der Waals surface area contributed by atoms with Crippen LogP contribution in [0.2, 0.25) is 0 Å². The predicted molar refractivity (Wildman–Crippen MR) is 144 cm³/mol. The Labute approximate surface area is 217 Å². The molecule has 5 rings (SSSR count). The highest BCUT2D eigenvalue weighted by atomic mass is 32.2. The lowest BCUT2D eigenvalue weighted by Gasteiger charge is -2.35. The van der Waals surface area contributed by atoms with Gasteiger partial charge in [0, 0.05) is 0 Å². The van der Waals surface area contributed by atoms with Gasteiger partial charge in [-0.05, 0) is 54.8 Å². The third kappa shape index (κ3) is 4.95. The summed E-state index contributed by atoms with van der Waals surface area (Å²) < 4.78 is 34.7. The van der Waals surface area contributed by atoms with E-state index in [-0.39, 0.29) is 11.4 Å². The molecule has 1 aliphatic heterocycles. The smallest absolute Gasteiger partial charge is 0.264 e. The van der Waals surface area contributed by atoms with Gasteiger partial charge in [0.15, 0.2) is 6.10 Å². The number of nitrogens with one attached hydrogen (secondary N) is 1. The van der Waals surface area contributed by atoms with Crippen molar-refractivity contribution in [3.63, 3.8) is 0 Å². The van der Waals surface area contributed by atoms with Gasteiger partial charge in [-0.3, -0.25) is 9.10 Å². The number of para-hydroxylation sites is 2. The van der Waals surface area contributed by atoms with Gasteiger partial charge in [-0.1, -0.05) is 84.4 Å². The number of benzene rings is 4. The van der Waals surface area contributed by atoms with Crippen LogP contribution >= 0.6 is 0 Å². The van der Waals surface area contributed by atoms with Crippen LogP contribution in [-0.2, 0) is 14.8 Å². The van der Waals surface area contributed by atoms with E-state index in [0.29, 0.717) is 11.4 Å². The number of fused-ring (bicyclic) bond motifs is 1. The summed E-state index contributed by atoms with van der Waals surface area (Å²) in [4.78, 5) is 13.8. The number of hydrogen-bond donors (Lipinski definition) is 1. The molecule has 188 valence electrons. The summed E-state index contributed by atoms with van der Waals surface area (Å²) in [5.74, 6) is -0.0487. The fourth-order valence-electron chi connectivity index (χ4n) is 4.54. The summed E-state index contributed by atoms with van der Waals surface area (Å²) in [6.45, 7) is 3.76. The van der Waals surface area contributed by atoms with Crippen molar-refractivity contribution in [2.75, 3.05) is 10.8 Å². The van der Waals surface area contributed by atoms with Crippen LogP contribution in [-0.4, -0.2) is 27.0 Å². The van der Waals surface area contributed by atoms with Crippen LogP contribution in [0.5, 0.6) is 5.75 Å². The lowest BCUT2D eigenvalue weighted by molar-refractivity contribution is -0.128. The fourth-order valence-corrected chi connectivity index (χ4v) is 6.01. The number of anilines is 1. The standard InChI is InChI=1S/C30H28N2O4S/c1-21-16-18-24(19-17-21)37(34,35)32-20-28(36-27-15-9-8-14-26(27)32)30(33)31-29(23-11-4-3-5-12-23)25-13-7-6-10-22(25)2/h3-19,28-29H,20H2,1-2H3,(H,31,33)/t28-,29-/m1/s1. The maximum Gasteiger partial charge on any atom is 0.264 e. The molecule has 1 heterocycles. The van der Waals surface area contributed by atoms with E-state index in [1.807, 2.05) is 68.4 Å². The van der Waals surface area contributed by atoms with Gasteiger partial charge in [0.25, 0.3) is 15.9 Å². The highest BCUT2D eigenvalue weighted by Crippen LogP contribution is 2.37. The monoisotopic (exact) mass is 512 g/mol. The third-order valence-corrected chi connectivity index (χ3v) is 8.35. The first-order valence-electron chi connectivity index (χ1n) is 12.1. The van der Waals surface area contributed by atoms with E-state index in [2.05, 4.69) is 5.32 Å². The molecule has 2 atom stereocenters. The molecule has 4 aromatic carbocycles. The van der Waals surface area contributed by atoms with Crippen molar-refractivity contribution in [1.82, 2.24) is 5.32 Å². The van der Waals surface area contributed by atoms with Crippen molar-refractivity contribution in [1.29, 1.82) is 0 Å². The first kappa shape index (κ1) is 24.6. The molecule has 0 saturated carbocycles. The molecule has 0 aromatic heterocycles. The minimum Gasteiger partial charge on any atom is -0.476 e. The molecule has 0 spiro atoms. The quantitative estimate of drug-likeness (QED) is 0.387. The summed E-state index contributed by atoms with van der Waals surface area (Å²) >= 11 is 0. The van der Waals surface area contributed by atoms with E-state index >= 15 is 0 Å². The van der Waals surface area contributed by atoms with Gasteiger partial charge in [-0.15, -0.1) is 0 Å². The first-order chi connectivity index (χ1) is 17.8. The molecule has 0 unspecified atom stereocenters. The zero-order valence-electron chi connectivity index (χ0n) is 20.7. The topological polar surface area (TPSA) is 75.7 Å². The number of rotatable bonds is 6. The lowest BCUT2D eigenvalue weighted by atomic mass is 9.94. The maximum atomic E-state index is 13.7. The number of carbonyl (C=O) groups is 1. The largest absolute Gasteiger partial charge is 0.476 e. The number of carbonyl (C=O) groups excluding carboxylic acids is 1. The minimum absolute atomic E-state index is 0.145. The van der Waals surface area contributed by atoms with Crippen LogP contribution in [0.4, 0.5) is 5.69 Å². The summed E-state index contributed by atoms with van der Waals surface area (Å²) in [5.41, 5.74) is 4.29. The predicted octanol–water partition coefficient (Wildman–Crippen LogP) is 5.17. The van der Waals surface area contributed by atoms with Crippen LogP contribution in [0.25, 0.3) is 0 Å². The summed E-state index contributed by atoms with van der Waals surface area (Å²) in [5, 5.41) is 3.12. The normalized spacial score (nSPS) is 15.8. The van der Waals surface area contributed by atoms with Gasteiger partial charge in [-0.2, -0.15) is 0 Å². The Morgan fingerprint density at radius 3 is 2.24 bits per heavy atom. The van der Waals surface area contributed by atoms with Crippen molar-refractivity contribution in [2.24, 2.45) is 0 Å². The molecular formula is C30H28N2O4S. The van der Waals surface area contributed by atoms with Crippen LogP contribution in [0.3, 0.4) is 0 Å². The average Bonchev–Trinajstić information content (AvgIpc) is 2.92. The Kier molecular flexibility index (Phi) is 6.72. The second kappa shape index (κ2) is 10.1. The zero-order valence-corrected chi connectivity index (χ0v) is 21.5. The summed E-state index contributed by atoms with van der Waals surface area (Å²) in [7, 11) is -3.92. The molecule has 1 aliphatic rings. The highest BCUT2D eigenvalue weighted by molar-refractivity contribution is 7.92. The Balaban J connectivity index is 1.49. The molecule has 7 heteroatoms. The van der Waals surface area contributed by atoms with Crippen molar-refractivity contribution in [3.05, 3.63) is 125 Å². The molecule has 37 heavy (non-hydrogen) atoms. The Morgan fingerprint density at radius 2 is 1.51 bits per heavy atom. The van der Waals surface area contributed by atoms with Gasteiger partial charge in [0.2, 0.25) is 0 Å². The fraction of sp³-hybridized carbons (Fsp3) is 0.167. The van der Waals surface area contributed by atoms with Gasteiger partial charge >= 0.3 is 0 Å². The second-order valence-corrected chi connectivity index (χ2v) is 11.0. The molecule has 4 aromatic rings. The van der Waals surface area contributed by atoms with Crippen LogP contribution in [0.15, 0.2) is 108 Å². The van der Waals surface area contributed by atoms with E-state index in [1.54, 1.807) is 48.5 Å². The third-order valence-electron chi connectivity index (χ3n) is 6.56. The van der Waals surface area contributed by atoms with E-state index in [9.17, 15) is 13.2 Å². The molecule has 6 nitrogen and oxygen atoms in total. The molecule has 0 bridgehead atoms. The highest BCUT2D eigenvalue weighted by Gasteiger charge is 2.38. The maximum absolute atomic E-state index is 13.7. The van der Waals surface area contributed by atoms with Gasteiger partial charge in [0.05, 0.1) is 23.2 Å². The summed E-state index contributed by atoms with van der Waals surface area (Å²) in [6, 6.07) is 30.7. The van der Waals surface area contributed by atoms with Crippen LogP contribution in [0, 0.1) is 13.8 Å². The van der Waals surface area contributed by atoms with E-state index in [4.69, 9.17) is 4.74 Å². The van der Waals surface area contributed by atoms with Gasteiger partial charge < -0.3 is 10.1 Å². The van der Waals surface area contributed by atoms with Crippen molar-refractivity contribution in [2.45, 2.75) is 30.9 Å². The van der Waals surface area contributed by atoms with Gasteiger partial charge in [-0.25, -0.2) is 8.42 Å². The van der Waals surface area contributed by atoms with Crippen molar-refractivity contribution < 1.29 is 17.9 Å². The Bertz CT molecular complexity index is 1520. The number of hydrogen-bond acceptors (Lipinski definition) is 4. The molecule has 1 amide bonds. The van der Waals surface area contributed by atoms with Crippen molar-refractivity contribution >= 4 is 21.6 Å². The number of ether oxygens (including phenoxy) is 1. The minimum atomic E-state index is -3.92. The van der Waals surface area contributed by atoms with E-state index in [1.165, 1.54) is 4.31 Å². The van der Waals surface area contributed by atoms with E-state index < -0.39 is 28.1 Å². The first-order valence-corrected chi connectivity index (χ1v) is 13.5. The number of nitrogens with zero attached hydrogens (tertiary/aromatic N) is 1. The molecule has 0 saturated heterocycles. The number of sulfonamides is 1. The van der Waals surface area contributed by atoms with Gasteiger partial charge in [0.1, 0.15) is 5.75 Å². The average molecular weight is 513 g/mol. The SMILES string of the molecule is Cc1ccc(S(=O)(=O)N2C[C@H](C(=O)N[C@H](c3ccccc3)c3ccccc3C)Oc3ccccc32)cc1. The van der Waals surface area contributed by atoms with Crippen molar-refractivity contribution in [3.8, 4) is 5.75 Å². The molecule has 0 fully saturated rings. The van der Waals surface area contributed by atoms with Crippen LogP contribution in [0.1, 0.15) is 28.3 Å². The Hall–Kier alpha value is -4.10. The molecule has 1 N–H and O–H groups in total. The van der Waals surface area contributed by atoms with Crippen LogP contribution < -0.4 is 14.4 Å². The number of amides is 1. The second-order valence-electron chi connectivity index (χ2n) is 9.13. The summed E-state index contributed by atoms with van der Waals surface area (Å²) in [6.07, 6.45) is -1.04. The molecule has 0 aliphatic carbocycles.